The molecule has 2 aromatic carbocycles. The normalized spacial score (nSPS) is 11.7. The van der Waals surface area contributed by atoms with Gasteiger partial charge in [0.1, 0.15) is 5.76 Å². The maximum atomic E-state index is 12.2. The third-order valence-electron chi connectivity index (χ3n) is 3.01. The fraction of sp³-hybridized carbons (Fsp3) is 0.0588. The van der Waals surface area contributed by atoms with E-state index >= 15 is 0 Å². The molecule has 0 spiro atoms. The van der Waals surface area contributed by atoms with Crippen molar-refractivity contribution in [3.63, 3.8) is 0 Å². The predicted octanol–water partition coefficient (Wildman–Crippen LogP) is 2.40. The first-order valence-corrected chi connectivity index (χ1v) is 6.37. The van der Waals surface area contributed by atoms with Gasteiger partial charge >= 0.3 is 0 Å². The Morgan fingerprint density at radius 1 is 0.810 bits per heavy atom. The van der Waals surface area contributed by atoms with E-state index in [1.54, 1.807) is 48.5 Å². The van der Waals surface area contributed by atoms with Crippen molar-refractivity contribution in [3.05, 3.63) is 77.4 Å². The van der Waals surface area contributed by atoms with Crippen LogP contribution in [0.25, 0.3) is 5.76 Å². The molecule has 0 unspecified atom stereocenters. The van der Waals surface area contributed by atoms with E-state index in [0.29, 0.717) is 5.56 Å². The zero-order valence-electron chi connectivity index (χ0n) is 11.2. The third-order valence-corrected chi connectivity index (χ3v) is 3.01. The Hall–Kier alpha value is -2.72. The molecule has 2 aromatic rings. The SMILES string of the molecule is O=C(C(=O)c1ccccc1)/C(CO)=C(\O)c1ccccc1. The molecule has 0 aliphatic heterocycles. The average molecular weight is 282 g/mol. The van der Waals surface area contributed by atoms with Crippen molar-refractivity contribution in [1.29, 1.82) is 0 Å². The van der Waals surface area contributed by atoms with Gasteiger partial charge in [-0.3, -0.25) is 9.59 Å². The number of rotatable bonds is 5. The van der Waals surface area contributed by atoms with Gasteiger partial charge < -0.3 is 10.2 Å². The highest BCUT2D eigenvalue weighted by atomic mass is 16.3. The Morgan fingerprint density at radius 2 is 1.29 bits per heavy atom. The Balaban J connectivity index is 2.38. The number of aliphatic hydroxyl groups excluding tert-OH is 2. The van der Waals surface area contributed by atoms with Gasteiger partial charge in [-0.2, -0.15) is 0 Å². The van der Waals surface area contributed by atoms with Gasteiger partial charge in [0.2, 0.25) is 11.6 Å². The van der Waals surface area contributed by atoms with Crippen LogP contribution in [0.1, 0.15) is 15.9 Å². The average Bonchev–Trinajstić information content (AvgIpc) is 2.56. The van der Waals surface area contributed by atoms with Crippen LogP contribution in [0.3, 0.4) is 0 Å². The molecular formula is C17H14O4. The van der Waals surface area contributed by atoms with Crippen molar-refractivity contribution in [3.8, 4) is 0 Å². The predicted molar refractivity (Wildman–Crippen MR) is 78.9 cm³/mol. The second kappa shape index (κ2) is 6.63. The van der Waals surface area contributed by atoms with Crippen LogP contribution in [0, 0.1) is 0 Å². The Labute approximate surface area is 122 Å². The van der Waals surface area contributed by atoms with Crippen molar-refractivity contribution < 1.29 is 19.8 Å². The van der Waals surface area contributed by atoms with E-state index in [4.69, 9.17) is 0 Å². The molecule has 0 fully saturated rings. The molecule has 0 aliphatic rings. The Morgan fingerprint density at radius 3 is 1.76 bits per heavy atom. The number of hydrogen-bond acceptors (Lipinski definition) is 4. The van der Waals surface area contributed by atoms with Crippen LogP contribution in [0.5, 0.6) is 0 Å². The number of carbonyl (C=O) groups excluding carboxylic acids is 2. The van der Waals surface area contributed by atoms with Gasteiger partial charge in [-0.1, -0.05) is 60.7 Å². The number of ketones is 2. The minimum atomic E-state index is -0.912. The van der Waals surface area contributed by atoms with Gasteiger partial charge in [0, 0.05) is 11.1 Å². The van der Waals surface area contributed by atoms with Crippen molar-refractivity contribution >= 4 is 17.3 Å². The highest BCUT2D eigenvalue weighted by molar-refractivity contribution is 6.50. The lowest BCUT2D eigenvalue weighted by Crippen LogP contribution is -2.20. The lowest BCUT2D eigenvalue weighted by molar-refractivity contribution is -0.112. The first-order valence-electron chi connectivity index (χ1n) is 6.37. The van der Waals surface area contributed by atoms with E-state index < -0.39 is 18.2 Å². The highest BCUT2D eigenvalue weighted by Gasteiger charge is 2.23. The summed E-state index contributed by atoms with van der Waals surface area (Å²) in [5.74, 6) is -2.06. The topological polar surface area (TPSA) is 74.6 Å². The monoisotopic (exact) mass is 282 g/mol. The van der Waals surface area contributed by atoms with Crippen LogP contribution >= 0.6 is 0 Å². The molecule has 4 heteroatoms. The Bertz CT molecular complexity index is 672. The number of carbonyl (C=O) groups is 2. The van der Waals surface area contributed by atoms with Gasteiger partial charge in [0.25, 0.3) is 0 Å². The molecule has 0 heterocycles. The lowest BCUT2D eigenvalue weighted by Gasteiger charge is -2.07. The standard InChI is InChI=1S/C17H14O4/c18-11-14(15(19)12-7-3-1-4-8-12)17(21)16(20)13-9-5-2-6-10-13/h1-10,18-19H,11H2/b15-14-. The molecule has 0 atom stereocenters. The van der Waals surface area contributed by atoms with E-state index in [1.807, 2.05) is 0 Å². The van der Waals surface area contributed by atoms with E-state index in [0.717, 1.165) is 0 Å². The summed E-state index contributed by atoms with van der Waals surface area (Å²) in [6, 6.07) is 16.3. The van der Waals surface area contributed by atoms with E-state index in [1.165, 1.54) is 12.1 Å². The number of Topliss-reactive ketones (excluding diaryl/α,β-unsaturated/α-hetero) is 2. The fourth-order valence-electron chi connectivity index (χ4n) is 1.88. The van der Waals surface area contributed by atoms with E-state index in [9.17, 15) is 19.8 Å². The van der Waals surface area contributed by atoms with Crippen molar-refractivity contribution in [2.45, 2.75) is 0 Å². The number of hydrogen-bond donors (Lipinski definition) is 2. The van der Waals surface area contributed by atoms with Crippen molar-refractivity contribution in [2.75, 3.05) is 6.61 Å². The molecular weight excluding hydrogens is 268 g/mol. The molecule has 0 aromatic heterocycles. The molecule has 0 radical (unpaired) electrons. The van der Waals surface area contributed by atoms with Crippen LogP contribution in [0.4, 0.5) is 0 Å². The summed E-state index contributed by atoms with van der Waals surface area (Å²) >= 11 is 0. The third kappa shape index (κ3) is 3.24. The second-order valence-electron chi connectivity index (χ2n) is 4.38. The van der Waals surface area contributed by atoms with Crippen LogP contribution in [0.2, 0.25) is 0 Å². The lowest BCUT2D eigenvalue weighted by atomic mass is 9.99. The summed E-state index contributed by atoms with van der Waals surface area (Å²) in [6.07, 6.45) is 0. The van der Waals surface area contributed by atoms with Gasteiger partial charge in [-0.15, -0.1) is 0 Å². The molecule has 4 nitrogen and oxygen atoms in total. The van der Waals surface area contributed by atoms with E-state index in [2.05, 4.69) is 0 Å². The molecule has 21 heavy (non-hydrogen) atoms. The smallest absolute Gasteiger partial charge is 0.235 e. The van der Waals surface area contributed by atoms with Crippen molar-refractivity contribution in [1.82, 2.24) is 0 Å². The number of benzene rings is 2. The zero-order valence-corrected chi connectivity index (χ0v) is 11.2. The van der Waals surface area contributed by atoms with E-state index in [-0.39, 0.29) is 16.9 Å². The first-order chi connectivity index (χ1) is 10.1. The molecule has 106 valence electrons. The van der Waals surface area contributed by atoms with Crippen LogP contribution in [-0.2, 0) is 4.79 Å². The van der Waals surface area contributed by atoms with Gasteiger partial charge in [0.05, 0.1) is 12.2 Å². The molecule has 0 bridgehead atoms. The fourth-order valence-corrected chi connectivity index (χ4v) is 1.88. The molecule has 0 amide bonds. The summed E-state index contributed by atoms with van der Waals surface area (Å²) in [7, 11) is 0. The van der Waals surface area contributed by atoms with Crippen LogP contribution < -0.4 is 0 Å². The minimum absolute atomic E-state index is 0.217. The molecule has 2 rings (SSSR count). The highest BCUT2D eigenvalue weighted by Crippen LogP contribution is 2.17. The van der Waals surface area contributed by atoms with Gasteiger partial charge in [-0.25, -0.2) is 0 Å². The second-order valence-corrected chi connectivity index (χ2v) is 4.38. The minimum Gasteiger partial charge on any atom is -0.507 e. The quantitative estimate of drug-likeness (QED) is 0.382. The molecule has 0 aliphatic carbocycles. The molecule has 2 N–H and O–H groups in total. The maximum absolute atomic E-state index is 12.2. The molecule has 0 saturated carbocycles. The first kappa shape index (κ1) is 14.7. The zero-order chi connectivity index (χ0) is 15.2. The largest absolute Gasteiger partial charge is 0.507 e. The molecule has 0 saturated heterocycles. The summed E-state index contributed by atoms with van der Waals surface area (Å²) in [5.41, 5.74) is 0.278. The van der Waals surface area contributed by atoms with Crippen LogP contribution in [0.15, 0.2) is 66.2 Å². The summed E-state index contributed by atoms with van der Waals surface area (Å²) in [4.78, 5) is 24.2. The number of aliphatic hydroxyl groups is 2. The maximum Gasteiger partial charge on any atom is 0.235 e. The van der Waals surface area contributed by atoms with Crippen LogP contribution in [-0.4, -0.2) is 28.4 Å². The summed E-state index contributed by atoms with van der Waals surface area (Å²) in [5, 5.41) is 19.4. The van der Waals surface area contributed by atoms with Crippen molar-refractivity contribution in [2.24, 2.45) is 0 Å². The summed E-state index contributed by atoms with van der Waals surface area (Å²) < 4.78 is 0. The Kier molecular flexibility index (Phi) is 4.64. The summed E-state index contributed by atoms with van der Waals surface area (Å²) in [6.45, 7) is -0.710. The van der Waals surface area contributed by atoms with Gasteiger partial charge in [-0.05, 0) is 0 Å². The van der Waals surface area contributed by atoms with Gasteiger partial charge in [0.15, 0.2) is 0 Å².